The largest absolute Gasteiger partial charge is 0.357 e. The van der Waals surface area contributed by atoms with E-state index in [0.717, 1.165) is 35.3 Å². The summed E-state index contributed by atoms with van der Waals surface area (Å²) in [6, 6.07) is 7.58. The number of hydrogen-bond donors (Lipinski definition) is 2. The van der Waals surface area contributed by atoms with E-state index in [1.807, 2.05) is 55.2 Å². The Bertz CT molecular complexity index is 580. The first-order valence-corrected chi connectivity index (χ1v) is 7.42. The highest BCUT2D eigenvalue weighted by Crippen LogP contribution is 2.13. The summed E-state index contributed by atoms with van der Waals surface area (Å²) in [5.41, 5.74) is 2.03. The lowest BCUT2D eigenvalue weighted by atomic mass is 10.3. The van der Waals surface area contributed by atoms with E-state index in [-0.39, 0.29) is 0 Å². The average Bonchev–Trinajstić information content (AvgIpc) is 2.95. The molecule has 0 saturated carbocycles. The number of benzene rings is 1. The van der Waals surface area contributed by atoms with E-state index in [1.54, 1.807) is 0 Å². The number of nitrogens with zero attached hydrogens (tertiary/aromatic N) is 3. The van der Waals surface area contributed by atoms with E-state index in [0.29, 0.717) is 6.54 Å². The van der Waals surface area contributed by atoms with Crippen LogP contribution in [0.5, 0.6) is 0 Å². The van der Waals surface area contributed by atoms with Crippen molar-refractivity contribution in [2.75, 3.05) is 13.1 Å². The summed E-state index contributed by atoms with van der Waals surface area (Å²) in [6.45, 7) is 6.37. The van der Waals surface area contributed by atoms with Gasteiger partial charge in [0.15, 0.2) is 5.96 Å². The smallest absolute Gasteiger partial charge is 0.191 e. The average molecular weight is 306 g/mol. The van der Waals surface area contributed by atoms with E-state index < -0.39 is 0 Å². The Labute approximate surface area is 130 Å². The summed E-state index contributed by atoms with van der Waals surface area (Å²) in [5, 5.41) is 11.5. The molecule has 0 atom stereocenters. The minimum Gasteiger partial charge on any atom is -0.357 e. The molecule has 0 radical (unpaired) electrons. The van der Waals surface area contributed by atoms with Crippen LogP contribution in [0.25, 0.3) is 5.69 Å². The molecule has 0 amide bonds. The van der Waals surface area contributed by atoms with Gasteiger partial charge in [0.1, 0.15) is 0 Å². The zero-order valence-electron chi connectivity index (χ0n) is 12.3. The molecular formula is C15H20ClN5. The molecule has 0 spiro atoms. The SMILES string of the molecule is CCNC(=NCc1cnn(-c2ccc(Cl)cc2)c1)NCC. The fraction of sp³-hybridized carbons (Fsp3) is 0.333. The standard InChI is InChI=1S/C15H20ClN5/c1-3-17-15(18-4-2)19-9-12-10-20-21(11-12)14-7-5-13(16)6-8-14/h5-8,10-11H,3-4,9H2,1-2H3,(H2,17,18,19). The second-order valence-corrected chi connectivity index (χ2v) is 4.93. The first-order chi connectivity index (χ1) is 10.2. The number of nitrogens with one attached hydrogen (secondary N) is 2. The van der Waals surface area contributed by atoms with Gasteiger partial charge < -0.3 is 10.6 Å². The lowest BCUT2D eigenvalue weighted by Gasteiger charge is -2.08. The fourth-order valence-corrected chi connectivity index (χ4v) is 1.98. The molecule has 6 heteroatoms. The quantitative estimate of drug-likeness (QED) is 0.659. The molecule has 0 aliphatic carbocycles. The zero-order chi connectivity index (χ0) is 15.1. The maximum atomic E-state index is 5.89. The molecule has 1 heterocycles. The molecular weight excluding hydrogens is 286 g/mol. The van der Waals surface area contributed by atoms with Gasteiger partial charge in [-0.3, -0.25) is 0 Å². The van der Waals surface area contributed by atoms with Crippen LogP contribution in [0.4, 0.5) is 0 Å². The highest BCUT2D eigenvalue weighted by atomic mass is 35.5. The van der Waals surface area contributed by atoms with Gasteiger partial charge in [0.05, 0.1) is 18.4 Å². The Hall–Kier alpha value is -2.01. The maximum absolute atomic E-state index is 5.89. The number of guanidine groups is 1. The molecule has 1 aromatic heterocycles. The van der Waals surface area contributed by atoms with Gasteiger partial charge in [-0.1, -0.05) is 11.6 Å². The third kappa shape index (κ3) is 4.49. The molecule has 21 heavy (non-hydrogen) atoms. The molecule has 0 fully saturated rings. The summed E-state index contributed by atoms with van der Waals surface area (Å²) in [7, 11) is 0. The number of hydrogen-bond acceptors (Lipinski definition) is 2. The fourth-order valence-electron chi connectivity index (χ4n) is 1.86. The number of rotatable bonds is 5. The Morgan fingerprint density at radius 2 is 1.86 bits per heavy atom. The second-order valence-electron chi connectivity index (χ2n) is 4.50. The van der Waals surface area contributed by atoms with Crippen LogP contribution in [0.3, 0.4) is 0 Å². The molecule has 0 unspecified atom stereocenters. The van der Waals surface area contributed by atoms with Crippen LogP contribution < -0.4 is 10.6 Å². The van der Waals surface area contributed by atoms with Gasteiger partial charge in [-0.25, -0.2) is 9.67 Å². The minimum atomic E-state index is 0.586. The van der Waals surface area contributed by atoms with Gasteiger partial charge in [0.25, 0.3) is 0 Å². The van der Waals surface area contributed by atoms with Crippen molar-refractivity contribution in [3.8, 4) is 5.69 Å². The molecule has 0 aliphatic rings. The predicted octanol–water partition coefficient (Wildman–Crippen LogP) is 2.60. The summed E-state index contributed by atoms with van der Waals surface area (Å²) >= 11 is 5.89. The Balaban J connectivity index is 2.05. The Morgan fingerprint density at radius 3 is 2.48 bits per heavy atom. The van der Waals surface area contributed by atoms with E-state index in [9.17, 15) is 0 Å². The van der Waals surface area contributed by atoms with Crippen LogP contribution in [0.1, 0.15) is 19.4 Å². The summed E-state index contributed by atoms with van der Waals surface area (Å²) in [4.78, 5) is 4.51. The van der Waals surface area contributed by atoms with Gasteiger partial charge in [-0.05, 0) is 38.1 Å². The maximum Gasteiger partial charge on any atom is 0.191 e. The van der Waals surface area contributed by atoms with Crippen molar-refractivity contribution < 1.29 is 0 Å². The van der Waals surface area contributed by atoms with Crippen molar-refractivity contribution in [2.45, 2.75) is 20.4 Å². The molecule has 0 bridgehead atoms. The van der Waals surface area contributed by atoms with Crippen molar-refractivity contribution in [2.24, 2.45) is 4.99 Å². The van der Waals surface area contributed by atoms with Crippen LogP contribution in [-0.2, 0) is 6.54 Å². The molecule has 1 aromatic carbocycles. The lowest BCUT2D eigenvalue weighted by Crippen LogP contribution is -2.36. The highest BCUT2D eigenvalue weighted by molar-refractivity contribution is 6.30. The van der Waals surface area contributed by atoms with E-state index in [2.05, 4.69) is 20.7 Å². The second kappa shape index (κ2) is 7.69. The van der Waals surface area contributed by atoms with Crippen LogP contribution in [0, 0.1) is 0 Å². The van der Waals surface area contributed by atoms with Crippen molar-refractivity contribution in [1.29, 1.82) is 0 Å². The topological polar surface area (TPSA) is 54.2 Å². The predicted molar refractivity (Wildman–Crippen MR) is 87.1 cm³/mol. The van der Waals surface area contributed by atoms with Gasteiger partial charge >= 0.3 is 0 Å². The summed E-state index contributed by atoms with van der Waals surface area (Å²) < 4.78 is 1.82. The van der Waals surface area contributed by atoms with Crippen molar-refractivity contribution in [1.82, 2.24) is 20.4 Å². The molecule has 5 nitrogen and oxygen atoms in total. The van der Waals surface area contributed by atoms with Crippen LogP contribution in [-0.4, -0.2) is 28.8 Å². The van der Waals surface area contributed by atoms with Gasteiger partial charge in [0, 0.05) is 29.9 Å². The first kappa shape index (κ1) is 15.4. The third-order valence-electron chi connectivity index (χ3n) is 2.84. The van der Waals surface area contributed by atoms with Gasteiger partial charge in [0.2, 0.25) is 0 Å². The molecule has 2 rings (SSSR count). The van der Waals surface area contributed by atoms with Crippen molar-refractivity contribution in [3.05, 3.63) is 47.2 Å². The van der Waals surface area contributed by atoms with Crippen LogP contribution in [0.2, 0.25) is 5.02 Å². The monoisotopic (exact) mass is 305 g/mol. The zero-order valence-corrected chi connectivity index (χ0v) is 13.1. The normalized spacial score (nSPS) is 10.2. The number of aromatic nitrogens is 2. The molecule has 112 valence electrons. The highest BCUT2D eigenvalue weighted by Gasteiger charge is 2.01. The number of halogens is 1. The van der Waals surface area contributed by atoms with Crippen molar-refractivity contribution >= 4 is 17.6 Å². The molecule has 0 saturated heterocycles. The van der Waals surface area contributed by atoms with Crippen molar-refractivity contribution in [3.63, 3.8) is 0 Å². The summed E-state index contributed by atoms with van der Waals surface area (Å²) in [6.07, 6.45) is 3.80. The third-order valence-corrected chi connectivity index (χ3v) is 3.09. The molecule has 0 aliphatic heterocycles. The number of aliphatic imine (C=N–C) groups is 1. The van der Waals surface area contributed by atoms with E-state index in [1.165, 1.54) is 0 Å². The Morgan fingerprint density at radius 1 is 1.19 bits per heavy atom. The first-order valence-electron chi connectivity index (χ1n) is 7.04. The lowest BCUT2D eigenvalue weighted by molar-refractivity contribution is 0.839. The van der Waals surface area contributed by atoms with Crippen LogP contribution >= 0.6 is 11.6 Å². The summed E-state index contributed by atoms with van der Waals surface area (Å²) in [5.74, 6) is 0.819. The van der Waals surface area contributed by atoms with E-state index in [4.69, 9.17) is 11.6 Å². The molecule has 2 N–H and O–H groups in total. The van der Waals surface area contributed by atoms with Gasteiger partial charge in [-0.15, -0.1) is 0 Å². The van der Waals surface area contributed by atoms with Crippen LogP contribution in [0.15, 0.2) is 41.7 Å². The van der Waals surface area contributed by atoms with E-state index >= 15 is 0 Å². The minimum absolute atomic E-state index is 0.586. The Kier molecular flexibility index (Phi) is 5.63. The van der Waals surface area contributed by atoms with Gasteiger partial charge in [-0.2, -0.15) is 5.10 Å². The molecule has 2 aromatic rings.